The molecule has 1 atom stereocenters. The second-order valence-electron chi connectivity index (χ2n) is 9.48. The van der Waals surface area contributed by atoms with Crippen LogP contribution in [0.4, 0.5) is 11.4 Å². The van der Waals surface area contributed by atoms with Crippen molar-refractivity contribution >= 4 is 56.2 Å². The van der Waals surface area contributed by atoms with Gasteiger partial charge in [0.1, 0.15) is 5.75 Å². The topological polar surface area (TPSA) is 97.1 Å². The van der Waals surface area contributed by atoms with Gasteiger partial charge in [-0.25, -0.2) is 8.42 Å². The number of benzene rings is 3. The fraction of sp³-hybridized carbons (Fsp3) is 0.172. The molecule has 0 spiro atoms. The molecule has 0 radical (unpaired) electrons. The van der Waals surface area contributed by atoms with Crippen LogP contribution in [0.25, 0.3) is 11.1 Å². The van der Waals surface area contributed by atoms with Gasteiger partial charge in [0.2, 0.25) is 5.91 Å². The van der Waals surface area contributed by atoms with Crippen molar-refractivity contribution in [1.82, 2.24) is 0 Å². The fourth-order valence-electron chi connectivity index (χ4n) is 4.70. The van der Waals surface area contributed by atoms with Crippen molar-refractivity contribution in [3.63, 3.8) is 0 Å². The van der Waals surface area contributed by atoms with Gasteiger partial charge in [-0.15, -0.1) is 0 Å². The molecule has 1 aliphatic rings. The fourth-order valence-corrected chi connectivity index (χ4v) is 5.83. The van der Waals surface area contributed by atoms with E-state index >= 15 is 0 Å². The quantitative estimate of drug-likeness (QED) is 0.249. The van der Waals surface area contributed by atoms with Crippen LogP contribution in [-0.2, 0) is 14.6 Å². The Bertz CT molecular complexity index is 1710. The number of hydrogen-bond acceptors (Lipinski definition) is 6. The molecule has 0 saturated heterocycles. The van der Waals surface area contributed by atoms with Gasteiger partial charge >= 0.3 is 0 Å². The van der Waals surface area contributed by atoms with E-state index in [2.05, 4.69) is 0 Å². The molecule has 2 heterocycles. The molecular formula is C29H24Cl2N2O6S. The van der Waals surface area contributed by atoms with E-state index in [0.717, 1.165) is 17.4 Å². The maximum Gasteiger partial charge on any atom is 0.294 e. The van der Waals surface area contributed by atoms with Crippen molar-refractivity contribution in [1.29, 1.82) is 0 Å². The van der Waals surface area contributed by atoms with Crippen molar-refractivity contribution in [2.75, 3.05) is 22.6 Å². The van der Waals surface area contributed by atoms with E-state index in [-0.39, 0.29) is 35.1 Å². The monoisotopic (exact) mass is 598 g/mol. The Hall–Kier alpha value is -3.79. The summed E-state index contributed by atoms with van der Waals surface area (Å²) in [4.78, 5) is 29.7. The van der Waals surface area contributed by atoms with E-state index in [0.29, 0.717) is 27.2 Å². The van der Waals surface area contributed by atoms with Gasteiger partial charge in [0, 0.05) is 35.8 Å². The molecule has 0 N–H and O–H groups in total. The number of furan rings is 1. The lowest BCUT2D eigenvalue weighted by atomic mass is 10.0. The first kappa shape index (κ1) is 27.8. The van der Waals surface area contributed by atoms with Gasteiger partial charge in [-0.1, -0.05) is 41.4 Å². The van der Waals surface area contributed by atoms with E-state index in [1.165, 1.54) is 31.2 Å². The Morgan fingerprint density at radius 2 is 1.55 bits per heavy atom. The van der Waals surface area contributed by atoms with E-state index in [9.17, 15) is 18.0 Å². The van der Waals surface area contributed by atoms with Crippen LogP contribution in [0, 0.1) is 0 Å². The minimum Gasteiger partial charge on any atom is -0.426 e. The normalized spacial score (nSPS) is 15.1. The molecule has 40 heavy (non-hydrogen) atoms. The standard InChI is InChI=1S/C29H24Cl2N2O6S/c1-17-16-32(29(35)27-10-11-28(39-27)38-23-14-21(30)13-22(31)15-23)26-12-20(6-9-25(26)33(17)18(2)34)19-4-7-24(8-5-19)40(3,36)37/h4-15,17H,16H2,1-3H3/t17-/m0/s1. The lowest BCUT2D eigenvalue weighted by molar-refractivity contribution is -0.117. The Morgan fingerprint density at radius 1 is 0.900 bits per heavy atom. The van der Waals surface area contributed by atoms with Crippen LogP contribution in [0.15, 0.2) is 82.1 Å². The smallest absolute Gasteiger partial charge is 0.294 e. The number of ether oxygens (including phenoxy) is 1. The van der Waals surface area contributed by atoms with Crippen LogP contribution in [0.3, 0.4) is 0 Å². The summed E-state index contributed by atoms with van der Waals surface area (Å²) in [6.07, 6.45) is 1.15. The van der Waals surface area contributed by atoms with Gasteiger partial charge in [-0.3, -0.25) is 9.59 Å². The highest BCUT2D eigenvalue weighted by molar-refractivity contribution is 7.90. The predicted octanol–water partition coefficient (Wildman–Crippen LogP) is 6.85. The number of anilines is 2. The minimum atomic E-state index is -3.34. The van der Waals surface area contributed by atoms with E-state index < -0.39 is 15.7 Å². The zero-order valence-corrected chi connectivity index (χ0v) is 24.0. The summed E-state index contributed by atoms with van der Waals surface area (Å²) in [5.41, 5.74) is 2.59. The highest BCUT2D eigenvalue weighted by atomic mass is 35.5. The molecule has 0 fully saturated rings. The summed E-state index contributed by atoms with van der Waals surface area (Å²) in [6, 6.07) is 19.4. The average Bonchev–Trinajstić information content (AvgIpc) is 3.34. The molecule has 4 aromatic rings. The second-order valence-corrected chi connectivity index (χ2v) is 12.4. The number of carbonyl (C=O) groups is 2. The SMILES string of the molecule is CC(=O)N1c2ccc(-c3ccc(S(C)(=O)=O)cc3)cc2N(C(=O)c2ccc(Oc3cc(Cl)cc(Cl)c3)o2)C[C@@H]1C. The van der Waals surface area contributed by atoms with Gasteiger partial charge in [0.25, 0.3) is 11.9 Å². The van der Waals surface area contributed by atoms with Gasteiger partial charge < -0.3 is 19.0 Å². The number of sulfone groups is 1. The van der Waals surface area contributed by atoms with Crippen molar-refractivity contribution in [3.05, 3.63) is 88.6 Å². The Kier molecular flexibility index (Phi) is 7.39. The molecular weight excluding hydrogens is 575 g/mol. The number of nitrogens with zero attached hydrogens (tertiary/aromatic N) is 2. The average molecular weight is 599 g/mol. The van der Waals surface area contributed by atoms with E-state index in [1.807, 2.05) is 13.0 Å². The highest BCUT2D eigenvalue weighted by Gasteiger charge is 2.35. The van der Waals surface area contributed by atoms with Gasteiger partial charge in [0.05, 0.1) is 22.3 Å². The number of rotatable bonds is 5. The second kappa shape index (κ2) is 10.6. The van der Waals surface area contributed by atoms with Crippen molar-refractivity contribution < 1.29 is 27.2 Å². The molecule has 0 saturated carbocycles. The number of carbonyl (C=O) groups excluding carboxylic acids is 2. The third-order valence-corrected chi connectivity index (χ3v) is 8.03. The summed E-state index contributed by atoms with van der Waals surface area (Å²) in [7, 11) is -3.34. The van der Waals surface area contributed by atoms with Crippen LogP contribution in [0.2, 0.25) is 10.0 Å². The van der Waals surface area contributed by atoms with Gasteiger partial charge in [-0.2, -0.15) is 0 Å². The minimum absolute atomic E-state index is 0.0421. The van der Waals surface area contributed by atoms with Crippen LogP contribution >= 0.6 is 23.2 Å². The molecule has 5 rings (SSSR count). The number of fused-ring (bicyclic) bond motifs is 1. The number of amides is 2. The third-order valence-electron chi connectivity index (χ3n) is 6.46. The first-order chi connectivity index (χ1) is 18.9. The molecule has 8 nitrogen and oxygen atoms in total. The van der Waals surface area contributed by atoms with Crippen LogP contribution in [-0.4, -0.2) is 39.1 Å². The predicted molar refractivity (Wildman–Crippen MR) is 155 cm³/mol. The third kappa shape index (κ3) is 5.58. The molecule has 0 unspecified atom stereocenters. The van der Waals surface area contributed by atoms with Gasteiger partial charge in [-0.05, 0) is 66.6 Å². The van der Waals surface area contributed by atoms with Crippen LogP contribution in [0.1, 0.15) is 24.4 Å². The molecule has 0 bridgehead atoms. The molecule has 2 amide bonds. The maximum atomic E-state index is 13.7. The molecule has 11 heteroatoms. The maximum absolute atomic E-state index is 13.7. The first-order valence-corrected chi connectivity index (χ1v) is 14.9. The summed E-state index contributed by atoms with van der Waals surface area (Å²) in [5.74, 6) is -0.0938. The number of hydrogen-bond donors (Lipinski definition) is 0. The van der Waals surface area contributed by atoms with Crippen molar-refractivity contribution in [2.24, 2.45) is 0 Å². The Morgan fingerprint density at radius 3 is 2.17 bits per heavy atom. The Labute approximate surface area is 241 Å². The Balaban J connectivity index is 1.50. The summed E-state index contributed by atoms with van der Waals surface area (Å²) >= 11 is 12.1. The summed E-state index contributed by atoms with van der Waals surface area (Å²) in [6.45, 7) is 3.57. The molecule has 0 aliphatic carbocycles. The summed E-state index contributed by atoms with van der Waals surface area (Å²) < 4.78 is 35.2. The molecule has 206 valence electrons. The zero-order chi connectivity index (χ0) is 28.8. The lowest BCUT2D eigenvalue weighted by Crippen LogP contribution is -2.51. The van der Waals surface area contributed by atoms with E-state index in [4.69, 9.17) is 32.4 Å². The molecule has 1 aromatic heterocycles. The van der Waals surface area contributed by atoms with Crippen LogP contribution in [0.5, 0.6) is 11.7 Å². The van der Waals surface area contributed by atoms with Crippen molar-refractivity contribution in [3.8, 4) is 22.8 Å². The van der Waals surface area contributed by atoms with Gasteiger partial charge in [0.15, 0.2) is 15.6 Å². The zero-order valence-electron chi connectivity index (χ0n) is 21.7. The van der Waals surface area contributed by atoms with Crippen molar-refractivity contribution in [2.45, 2.75) is 24.8 Å². The molecule has 1 aliphatic heterocycles. The lowest BCUT2D eigenvalue weighted by Gasteiger charge is -2.40. The van der Waals surface area contributed by atoms with Crippen LogP contribution < -0.4 is 14.5 Å². The number of halogens is 2. The summed E-state index contributed by atoms with van der Waals surface area (Å²) in [5, 5.41) is 0.780. The first-order valence-electron chi connectivity index (χ1n) is 12.2. The largest absolute Gasteiger partial charge is 0.426 e. The van der Waals surface area contributed by atoms with E-state index in [1.54, 1.807) is 52.3 Å². The highest BCUT2D eigenvalue weighted by Crippen LogP contribution is 2.40. The molecule has 3 aromatic carbocycles.